The molecule has 0 aromatic heterocycles. The monoisotopic (exact) mass is 376 g/mol. The molecule has 152 valence electrons. The Hall–Kier alpha value is -1.71. The van der Waals surface area contributed by atoms with E-state index >= 15 is 0 Å². The number of hydrogen-bond acceptors (Lipinski definition) is 4. The molecule has 1 aliphatic rings. The Bertz CT molecular complexity index is 636. The Balaban J connectivity index is 2.19. The smallest absolute Gasteiger partial charge is 0.347 e. The predicted molar refractivity (Wildman–Crippen MR) is 109 cm³/mol. The average Bonchev–Trinajstić information content (AvgIpc) is 2.57. The van der Waals surface area contributed by atoms with Crippen LogP contribution >= 0.6 is 0 Å². The highest BCUT2D eigenvalue weighted by Crippen LogP contribution is 2.43. The summed E-state index contributed by atoms with van der Waals surface area (Å²) in [4.78, 5) is 12.4. The van der Waals surface area contributed by atoms with E-state index in [4.69, 9.17) is 14.2 Å². The van der Waals surface area contributed by atoms with Crippen LogP contribution < -0.4 is 9.47 Å². The number of carbonyl (C=O) groups is 1. The van der Waals surface area contributed by atoms with Crippen molar-refractivity contribution >= 4 is 5.97 Å². The van der Waals surface area contributed by atoms with Crippen molar-refractivity contribution in [3.8, 4) is 11.5 Å². The summed E-state index contributed by atoms with van der Waals surface area (Å²) >= 11 is 0. The van der Waals surface area contributed by atoms with E-state index in [1.807, 2.05) is 19.9 Å². The Kier molecular flexibility index (Phi) is 7.58. The van der Waals surface area contributed by atoms with Crippen LogP contribution in [0.5, 0.6) is 11.5 Å². The van der Waals surface area contributed by atoms with E-state index in [1.165, 1.54) is 12.8 Å². The Morgan fingerprint density at radius 3 is 2.67 bits per heavy atom. The van der Waals surface area contributed by atoms with Gasteiger partial charge in [-0.15, -0.1) is 0 Å². The fraction of sp³-hybridized carbons (Fsp3) is 0.696. The molecule has 2 rings (SSSR count). The second kappa shape index (κ2) is 9.48. The van der Waals surface area contributed by atoms with Crippen molar-refractivity contribution in [3.63, 3.8) is 0 Å². The molecule has 0 amide bonds. The van der Waals surface area contributed by atoms with Gasteiger partial charge in [-0.25, -0.2) is 4.79 Å². The van der Waals surface area contributed by atoms with Crippen LogP contribution in [0.15, 0.2) is 12.1 Å². The minimum atomic E-state index is -0.546. The van der Waals surface area contributed by atoms with Crippen LogP contribution in [-0.2, 0) is 9.53 Å². The van der Waals surface area contributed by atoms with Crippen molar-refractivity contribution < 1.29 is 19.0 Å². The summed E-state index contributed by atoms with van der Waals surface area (Å²) in [5.41, 5.74) is 1.98. The maximum absolute atomic E-state index is 12.4. The lowest BCUT2D eigenvalue weighted by atomic mass is 9.85. The fourth-order valence-corrected chi connectivity index (χ4v) is 3.83. The molecule has 0 aliphatic carbocycles. The number of benzene rings is 1. The first-order valence-electron chi connectivity index (χ1n) is 10.4. The molecule has 4 heteroatoms. The van der Waals surface area contributed by atoms with Gasteiger partial charge in [-0.1, -0.05) is 33.1 Å². The van der Waals surface area contributed by atoms with Crippen LogP contribution in [0.4, 0.5) is 0 Å². The SMILES string of the molecule is CCCCCCC(Oc1cc2c(cc1C)OC(C)(C)CC2C)C(=O)OCC. The van der Waals surface area contributed by atoms with Gasteiger partial charge >= 0.3 is 5.97 Å². The van der Waals surface area contributed by atoms with Gasteiger partial charge < -0.3 is 14.2 Å². The van der Waals surface area contributed by atoms with Crippen molar-refractivity contribution in [2.45, 2.75) is 97.7 Å². The first-order valence-corrected chi connectivity index (χ1v) is 10.4. The first kappa shape index (κ1) is 21.6. The molecule has 4 nitrogen and oxygen atoms in total. The third-order valence-electron chi connectivity index (χ3n) is 5.16. The molecule has 2 unspecified atom stereocenters. The van der Waals surface area contributed by atoms with Gasteiger partial charge in [-0.3, -0.25) is 0 Å². The van der Waals surface area contributed by atoms with Gasteiger partial charge in [-0.05, 0) is 70.6 Å². The van der Waals surface area contributed by atoms with Crippen LogP contribution in [0, 0.1) is 6.92 Å². The summed E-state index contributed by atoms with van der Waals surface area (Å²) in [5, 5.41) is 0. The lowest BCUT2D eigenvalue weighted by Crippen LogP contribution is -2.34. The zero-order valence-electron chi connectivity index (χ0n) is 17.9. The third-order valence-corrected chi connectivity index (χ3v) is 5.16. The predicted octanol–water partition coefficient (Wildman–Crippen LogP) is 5.94. The number of rotatable bonds is 9. The first-order chi connectivity index (χ1) is 12.8. The Labute approximate surface area is 164 Å². The number of aryl methyl sites for hydroxylation is 1. The number of carbonyl (C=O) groups excluding carboxylic acids is 1. The third kappa shape index (κ3) is 5.88. The van der Waals surface area contributed by atoms with E-state index in [-0.39, 0.29) is 11.6 Å². The molecule has 1 aromatic carbocycles. The Morgan fingerprint density at radius 1 is 1.26 bits per heavy atom. The molecular formula is C23H36O4. The molecule has 0 saturated heterocycles. The van der Waals surface area contributed by atoms with E-state index in [0.29, 0.717) is 18.9 Å². The zero-order chi connectivity index (χ0) is 20.0. The van der Waals surface area contributed by atoms with E-state index < -0.39 is 6.10 Å². The molecule has 1 aromatic rings. The highest BCUT2D eigenvalue weighted by Gasteiger charge is 2.32. The highest BCUT2D eigenvalue weighted by atomic mass is 16.6. The van der Waals surface area contributed by atoms with E-state index in [9.17, 15) is 4.79 Å². The minimum absolute atomic E-state index is 0.159. The number of ether oxygens (including phenoxy) is 3. The van der Waals surface area contributed by atoms with Gasteiger partial charge in [0, 0.05) is 5.56 Å². The van der Waals surface area contributed by atoms with Gasteiger partial charge in [0.1, 0.15) is 17.1 Å². The van der Waals surface area contributed by atoms with E-state index in [1.54, 1.807) is 0 Å². The van der Waals surface area contributed by atoms with Gasteiger partial charge in [0.15, 0.2) is 6.10 Å². The number of unbranched alkanes of at least 4 members (excludes halogenated alkanes) is 3. The molecule has 1 aliphatic heterocycles. The molecule has 0 bridgehead atoms. The summed E-state index contributed by atoms with van der Waals surface area (Å²) in [6.07, 6.45) is 5.53. The van der Waals surface area contributed by atoms with Crippen molar-refractivity contribution in [1.29, 1.82) is 0 Å². The summed E-state index contributed by atoms with van der Waals surface area (Å²) in [5.74, 6) is 1.81. The average molecular weight is 377 g/mol. The lowest BCUT2D eigenvalue weighted by Gasteiger charge is -2.37. The van der Waals surface area contributed by atoms with Crippen molar-refractivity contribution in [2.24, 2.45) is 0 Å². The van der Waals surface area contributed by atoms with E-state index in [2.05, 4.69) is 33.8 Å². The second-order valence-corrected chi connectivity index (χ2v) is 8.33. The van der Waals surface area contributed by atoms with Crippen LogP contribution in [0.1, 0.15) is 90.2 Å². The second-order valence-electron chi connectivity index (χ2n) is 8.33. The quantitative estimate of drug-likeness (QED) is 0.395. The number of esters is 1. The van der Waals surface area contributed by atoms with Gasteiger partial charge in [0.05, 0.1) is 6.61 Å². The van der Waals surface area contributed by atoms with Crippen molar-refractivity contribution in [3.05, 3.63) is 23.3 Å². The summed E-state index contributed by atoms with van der Waals surface area (Å²) in [6.45, 7) is 12.9. The lowest BCUT2D eigenvalue weighted by molar-refractivity contribution is -0.151. The maximum atomic E-state index is 12.4. The Morgan fingerprint density at radius 2 is 2.00 bits per heavy atom. The largest absolute Gasteiger partial charge is 0.488 e. The number of hydrogen-bond donors (Lipinski definition) is 0. The summed E-state index contributed by atoms with van der Waals surface area (Å²) in [6, 6.07) is 4.10. The summed E-state index contributed by atoms with van der Waals surface area (Å²) < 4.78 is 17.6. The molecule has 0 spiro atoms. The molecule has 0 saturated carbocycles. The van der Waals surface area contributed by atoms with Crippen LogP contribution in [-0.4, -0.2) is 24.3 Å². The molecule has 0 fully saturated rings. The zero-order valence-corrected chi connectivity index (χ0v) is 17.9. The molecule has 1 heterocycles. The molecule has 0 N–H and O–H groups in total. The van der Waals surface area contributed by atoms with Crippen LogP contribution in [0.25, 0.3) is 0 Å². The minimum Gasteiger partial charge on any atom is -0.488 e. The molecule has 0 radical (unpaired) electrons. The standard InChI is InChI=1S/C23H36O4/c1-7-9-10-11-12-19(22(24)25-8-2)26-20-14-18-17(4)15-23(5,6)27-21(18)13-16(20)3/h13-14,17,19H,7-12,15H2,1-6H3. The van der Waals surface area contributed by atoms with Crippen LogP contribution in [0.3, 0.4) is 0 Å². The van der Waals surface area contributed by atoms with E-state index in [0.717, 1.165) is 41.9 Å². The van der Waals surface area contributed by atoms with Crippen LogP contribution in [0.2, 0.25) is 0 Å². The molecular weight excluding hydrogens is 340 g/mol. The van der Waals surface area contributed by atoms with Crippen molar-refractivity contribution in [2.75, 3.05) is 6.61 Å². The molecule has 27 heavy (non-hydrogen) atoms. The molecule has 2 atom stereocenters. The van der Waals surface area contributed by atoms with Gasteiger partial charge in [0.25, 0.3) is 0 Å². The van der Waals surface area contributed by atoms with Gasteiger partial charge in [-0.2, -0.15) is 0 Å². The highest BCUT2D eigenvalue weighted by molar-refractivity contribution is 5.75. The van der Waals surface area contributed by atoms with Gasteiger partial charge in [0.2, 0.25) is 0 Å². The fourth-order valence-electron chi connectivity index (χ4n) is 3.83. The normalized spacial score (nSPS) is 19.0. The van der Waals surface area contributed by atoms with Crippen molar-refractivity contribution in [1.82, 2.24) is 0 Å². The maximum Gasteiger partial charge on any atom is 0.347 e. The topological polar surface area (TPSA) is 44.8 Å². The summed E-state index contributed by atoms with van der Waals surface area (Å²) in [7, 11) is 0. The number of fused-ring (bicyclic) bond motifs is 1.